The molecule has 3 nitrogen and oxygen atoms in total. The fourth-order valence-electron chi connectivity index (χ4n) is 1.70. The molecule has 1 aromatic heterocycles. The lowest BCUT2D eigenvalue weighted by molar-refractivity contribution is 1.10. The number of nitrogens with one attached hydrogen (secondary N) is 1. The maximum atomic E-state index is 5.60. The lowest BCUT2D eigenvalue weighted by atomic mass is 10.0. The summed E-state index contributed by atoms with van der Waals surface area (Å²) in [5.74, 6) is 0.517. The average molecular weight is 266 g/mol. The fraction of sp³-hybridized carbons (Fsp3) is 0.182. The third kappa shape index (κ3) is 1.77. The van der Waals surface area contributed by atoms with Gasteiger partial charge in [-0.2, -0.15) is 5.10 Å². The van der Waals surface area contributed by atoms with Gasteiger partial charge in [0.2, 0.25) is 0 Å². The number of aromatic amines is 1. The molecule has 0 unspecified atom stereocenters. The number of aromatic nitrogens is 2. The molecule has 0 aliphatic rings. The molecular formula is C11H12BrN3. The Kier molecular flexibility index (Phi) is 2.52. The second-order valence-corrected chi connectivity index (χ2v) is 4.43. The first kappa shape index (κ1) is 10.2. The molecule has 78 valence electrons. The molecule has 0 aliphatic carbocycles. The van der Waals surface area contributed by atoms with E-state index in [2.05, 4.69) is 46.0 Å². The second kappa shape index (κ2) is 3.70. The molecule has 2 aromatic rings. The monoisotopic (exact) mass is 265 g/mol. The minimum atomic E-state index is 0.517. The maximum Gasteiger partial charge on any atom is 0.145 e. The van der Waals surface area contributed by atoms with E-state index in [1.807, 2.05) is 12.1 Å². The van der Waals surface area contributed by atoms with Gasteiger partial charge in [0, 0.05) is 16.1 Å². The van der Waals surface area contributed by atoms with Gasteiger partial charge in [0.25, 0.3) is 0 Å². The highest BCUT2D eigenvalue weighted by molar-refractivity contribution is 9.10. The Labute approximate surface area is 96.8 Å². The molecule has 1 aromatic carbocycles. The predicted molar refractivity (Wildman–Crippen MR) is 65.6 cm³/mol. The topological polar surface area (TPSA) is 54.7 Å². The maximum absolute atomic E-state index is 5.60. The molecule has 0 fully saturated rings. The zero-order valence-corrected chi connectivity index (χ0v) is 10.2. The van der Waals surface area contributed by atoms with E-state index in [4.69, 9.17) is 5.73 Å². The van der Waals surface area contributed by atoms with Gasteiger partial charge in [0.05, 0.1) is 5.69 Å². The van der Waals surface area contributed by atoms with Crippen LogP contribution >= 0.6 is 15.9 Å². The molecule has 1 heterocycles. The number of aryl methyl sites for hydroxylation is 1. The lowest BCUT2D eigenvalue weighted by Gasteiger charge is -2.09. The van der Waals surface area contributed by atoms with Crippen LogP contribution in [0.3, 0.4) is 0 Å². The summed E-state index contributed by atoms with van der Waals surface area (Å²) in [5.41, 5.74) is 10.1. The molecular weight excluding hydrogens is 254 g/mol. The van der Waals surface area contributed by atoms with Crippen LogP contribution < -0.4 is 5.73 Å². The van der Waals surface area contributed by atoms with Crippen LogP contribution in [0, 0.1) is 13.8 Å². The third-order valence-electron chi connectivity index (χ3n) is 2.47. The van der Waals surface area contributed by atoms with Gasteiger partial charge < -0.3 is 5.73 Å². The highest BCUT2D eigenvalue weighted by Gasteiger charge is 2.10. The van der Waals surface area contributed by atoms with Crippen molar-refractivity contribution in [2.75, 3.05) is 5.73 Å². The Morgan fingerprint density at radius 2 is 2.07 bits per heavy atom. The number of nitrogens with zero attached hydrogens (tertiary/aromatic N) is 1. The van der Waals surface area contributed by atoms with E-state index in [1.54, 1.807) is 0 Å². The molecule has 15 heavy (non-hydrogen) atoms. The van der Waals surface area contributed by atoms with E-state index >= 15 is 0 Å². The zero-order chi connectivity index (χ0) is 11.0. The third-order valence-corrected chi connectivity index (χ3v) is 3.33. The zero-order valence-electron chi connectivity index (χ0n) is 8.63. The Hall–Kier alpha value is -1.29. The normalized spacial score (nSPS) is 10.6. The molecule has 0 aliphatic heterocycles. The van der Waals surface area contributed by atoms with Crippen LogP contribution in [0.15, 0.2) is 22.7 Å². The highest BCUT2D eigenvalue weighted by Crippen LogP contribution is 2.31. The van der Waals surface area contributed by atoms with E-state index < -0.39 is 0 Å². The summed E-state index contributed by atoms with van der Waals surface area (Å²) < 4.78 is 1.09. The smallest absolute Gasteiger partial charge is 0.145 e. The molecule has 0 amide bonds. The average Bonchev–Trinajstić information content (AvgIpc) is 2.59. The molecule has 0 bridgehead atoms. The van der Waals surface area contributed by atoms with Crippen LogP contribution in [0.1, 0.15) is 11.1 Å². The Morgan fingerprint density at radius 1 is 1.33 bits per heavy atom. The number of hydrogen-bond donors (Lipinski definition) is 2. The van der Waals surface area contributed by atoms with E-state index in [-0.39, 0.29) is 0 Å². The van der Waals surface area contributed by atoms with Crippen molar-refractivity contribution in [3.63, 3.8) is 0 Å². The molecule has 0 saturated carbocycles. The first-order valence-electron chi connectivity index (χ1n) is 4.66. The standard InChI is InChI=1S/C11H12BrN3/c1-6-3-4-8(12)7(2)11(6)9-5-10(13)15-14-9/h3-5H,1-2H3,(H3,13,14,15). The molecule has 2 rings (SSSR count). The van der Waals surface area contributed by atoms with Gasteiger partial charge in [-0.1, -0.05) is 22.0 Å². The number of nitrogens with two attached hydrogens (primary N) is 1. The van der Waals surface area contributed by atoms with E-state index in [1.165, 1.54) is 11.1 Å². The van der Waals surface area contributed by atoms with Crippen molar-refractivity contribution in [1.82, 2.24) is 10.2 Å². The van der Waals surface area contributed by atoms with Crippen molar-refractivity contribution in [3.05, 3.63) is 33.8 Å². The summed E-state index contributed by atoms with van der Waals surface area (Å²) >= 11 is 3.52. The number of rotatable bonds is 1. The van der Waals surface area contributed by atoms with Crippen LogP contribution in [0.5, 0.6) is 0 Å². The lowest BCUT2D eigenvalue weighted by Crippen LogP contribution is -1.89. The molecule has 0 atom stereocenters. The van der Waals surface area contributed by atoms with Gasteiger partial charge in [-0.05, 0) is 31.0 Å². The van der Waals surface area contributed by atoms with Gasteiger partial charge in [0.1, 0.15) is 5.82 Å². The molecule has 0 spiro atoms. The van der Waals surface area contributed by atoms with Crippen LogP contribution in [-0.2, 0) is 0 Å². The number of benzene rings is 1. The van der Waals surface area contributed by atoms with Crippen LogP contribution in [-0.4, -0.2) is 10.2 Å². The van der Waals surface area contributed by atoms with E-state index in [0.717, 1.165) is 15.7 Å². The van der Waals surface area contributed by atoms with Gasteiger partial charge in [-0.25, -0.2) is 0 Å². The molecule has 4 heteroatoms. The molecule has 3 N–H and O–H groups in total. The SMILES string of the molecule is Cc1ccc(Br)c(C)c1-c1cc(N)n[nH]1. The summed E-state index contributed by atoms with van der Waals surface area (Å²) in [6.07, 6.45) is 0. The van der Waals surface area contributed by atoms with Gasteiger partial charge in [0.15, 0.2) is 0 Å². The van der Waals surface area contributed by atoms with E-state index in [9.17, 15) is 0 Å². The highest BCUT2D eigenvalue weighted by atomic mass is 79.9. The number of hydrogen-bond acceptors (Lipinski definition) is 2. The van der Waals surface area contributed by atoms with Crippen LogP contribution in [0.2, 0.25) is 0 Å². The minimum absolute atomic E-state index is 0.517. The second-order valence-electron chi connectivity index (χ2n) is 3.57. The summed E-state index contributed by atoms with van der Waals surface area (Å²) in [4.78, 5) is 0. The van der Waals surface area contributed by atoms with Crippen molar-refractivity contribution in [2.24, 2.45) is 0 Å². The van der Waals surface area contributed by atoms with Crippen molar-refractivity contribution < 1.29 is 0 Å². The van der Waals surface area contributed by atoms with Crippen LogP contribution in [0.4, 0.5) is 5.82 Å². The van der Waals surface area contributed by atoms with E-state index in [0.29, 0.717) is 5.82 Å². The first-order chi connectivity index (χ1) is 7.09. The summed E-state index contributed by atoms with van der Waals surface area (Å²) in [6, 6.07) is 5.97. The summed E-state index contributed by atoms with van der Waals surface area (Å²) in [7, 11) is 0. The first-order valence-corrected chi connectivity index (χ1v) is 5.46. The van der Waals surface area contributed by atoms with Gasteiger partial charge in [-0.3, -0.25) is 5.10 Å². The molecule has 0 saturated heterocycles. The summed E-state index contributed by atoms with van der Waals surface area (Å²) in [6.45, 7) is 4.15. The number of H-pyrrole nitrogens is 1. The summed E-state index contributed by atoms with van der Waals surface area (Å²) in [5, 5.41) is 6.88. The number of halogens is 1. The Morgan fingerprint density at radius 3 is 2.67 bits per heavy atom. The quantitative estimate of drug-likeness (QED) is 0.833. The van der Waals surface area contributed by atoms with Crippen molar-refractivity contribution in [1.29, 1.82) is 0 Å². The Balaban J connectivity index is 2.66. The van der Waals surface area contributed by atoms with Crippen molar-refractivity contribution in [2.45, 2.75) is 13.8 Å². The minimum Gasteiger partial charge on any atom is -0.382 e. The van der Waals surface area contributed by atoms with Crippen molar-refractivity contribution in [3.8, 4) is 11.3 Å². The fourth-order valence-corrected chi connectivity index (χ4v) is 2.03. The molecule has 0 radical (unpaired) electrons. The van der Waals surface area contributed by atoms with Gasteiger partial charge in [-0.15, -0.1) is 0 Å². The van der Waals surface area contributed by atoms with Crippen molar-refractivity contribution >= 4 is 21.7 Å². The Bertz CT molecular complexity index is 503. The predicted octanol–water partition coefficient (Wildman–Crippen LogP) is 3.04. The largest absolute Gasteiger partial charge is 0.382 e. The number of anilines is 1. The number of nitrogen functional groups attached to an aromatic ring is 1. The van der Waals surface area contributed by atoms with Gasteiger partial charge >= 0.3 is 0 Å². The van der Waals surface area contributed by atoms with Crippen LogP contribution in [0.25, 0.3) is 11.3 Å².